The lowest BCUT2D eigenvalue weighted by Crippen LogP contribution is -2.06. The smallest absolute Gasteiger partial charge is 0.00638 e. The SMILES string of the molecule is C=CC1CC(C(C)C)CC1CS. The van der Waals surface area contributed by atoms with Crippen molar-refractivity contribution in [1.82, 2.24) is 0 Å². The van der Waals surface area contributed by atoms with Crippen LogP contribution in [0.4, 0.5) is 0 Å². The molecule has 0 aliphatic heterocycles. The van der Waals surface area contributed by atoms with Crippen LogP contribution < -0.4 is 0 Å². The van der Waals surface area contributed by atoms with Gasteiger partial charge in [0.1, 0.15) is 0 Å². The number of thiol groups is 1. The van der Waals surface area contributed by atoms with Crippen molar-refractivity contribution in [2.24, 2.45) is 23.7 Å². The van der Waals surface area contributed by atoms with Crippen molar-refractivity contribution >= 4 is 12.6 Å². The average molecular weight is 184 g/mol. The highest BCUT2D eigenvalue weighted by molar-refractivity contribution is 7.80. The minimum Gasteiger partial charge on any atom is -0.179 e. The summed E-state index contributed by atoms with van der Waals surface area (Å²) in [6, 6.07) is 0. The molecule has 1 heteroatoms. The van der Waals surface area contributed by atoms with Gasteiger partial charge in [-0.15, -0.1) is 6.58 Å². The van der Waals surface area contributed by atoms with Crippen LogP contribution >= 0.6 is 12.6 Å². The molecule has 70 valence electrons. The number of rotatable bonds is 3. The molecule has 1 aliphatic carbocycles. The lowest BCUT2D eigenvalue weighted by atomic mass is 9.93. The Morgan fingerprint density at radius 1 is 1.50 bits per heavy atom. The van der Waals surface area contributed by atoms with E-state index in [1.165, 1.54) is 12.8 Å². The van der Waals surface area contributed by atoms with Gasteiger partial charge >= 0.3 is 0 Å². The van der Waals surface area contributed by atoms with E-state index in [-0.39, 0.29) is 0 Å². The van der Waals surface area contributed by atoms with Crippen LogP contribution in [0.25, 0.3) is 0 Å². The lowest BCUT2D eigenvalue weighted by Gasteiger charge is -2.13. The molecule has 12 heavy (non-hydrogen) atoms. The summed E-state index contributed by atoms with van der Waals surface area (Å²) < 4.78 is 0. The van der Waals surface area contributed by atoms with Crippen molar-refractivity contribution in [3.8, 4) is 0 Å². The summed E-state index contributed by atoms with van der Waals surface area (Å²) in [4.78, 5) is 0. The van der Waals surface area contributed by atoms with E-state index >= 15 is 0 Å². The fourth-order valence-corrected chi connectivity index (χ4v) is 2.66. The molecule has 1 fully saturated rings. The van der Waals surface area contributed by atoms with E-state index in [4.69, 9.17) is 0 Å². The standard InChI is InChI=1S/C11H20S/c1-4-9-5-10(8(2)3)6-11(9)7-12/h4,8-12H,1,5-7H2,2-3H3. The predicted molar refractivity (Wildman–Crippen MR) is 58.6 cm³/mol. The Morgan fingerprint density at radius 2 is 2.17 bits per heavy atom. The summed E-state index contributed by atoms with van der Waals surface area (Å²) in [7, 11) is 0. The molecule has 3 atom stereocenters. The van der Waals surface area contributed by atoms with Crippen molar-refractivity contribution in [1.29, 1.82) is 0 Å². The van der Waals surface area contributed by atoms with Crippen molar-refractivity contribution in [2.75, 3.05) is 5.75 Å². The van der Waals surface area contributed by atoms with Gasteiger partial charge < -0.3 is 0 Å². The third-order valence-electron chi connectivity index (χ3n) is 3.27. The number of hydrogen-bond acceptors (Lipinski definition) is 1. The molecule has 0 spiro atoms. The van der Waals surface area contributed by atoms with Gasteiger partial charge in [-0.05, 0) is 42.3 Å². The van der Waals surface area contributed by atoms with Crippen LogP contribution in [0.2, 0.25) is 0 Å². The molecule has 0 saturated heterocycles. The van der Waals surface area contributed by atoms with Crippen molar-refractivity contribution < 1.29 is 0 Å². The minimum absolute atomic E-state index is 0.731. The molecule has 0 amide bonds. The first-order valence-electron chi connectivity index (χ1n) is 4.92. The molecule has 0 heterocycles. The van der Waals surface area contributed by atoms with Crippen LogP contribution in [0, 0.1) is 23.7 Å². The summed E-state index contributed by atoms with van der Waals surface area (Å²) in [5, 5.41) is 0. The van der Waals surface area contributed by atoms with Gasteiger partial charge in [0.25, 0.3) is 0 Å². The quantitative estimate of drug-likeness (QED) is 0.504. The fourth-order valence-electron chi connectivity index (χ4n) is 2.24. The third-order valence-corrected chi connectivity index (χ3v) is 3.73. The normalized spacial score (nSPS) is 35.8. The minimum atomic E-state index is 0.731. The molecular formula is C11H20S. The summed E-state index contributed by atoms with van der Waals surface area (Å²) in [5.74, 6) is 4.29. The molecule has 0 nitrogen and oxygen atoms in total. The molecule has 0 aromatic rings. The zero-order chi connectivity index (χ0) is 9.14. The average Bonchev–Trinajstić information content (AvgIpc) is 2.46. The monoisotopic (exact) mass is 184 g/mol. The van der Waals surface area contributed by atoms with Gasteiger partial charge in [0, 0.05) is 0 Å². The summed E-state index contributed by atoms with van der Waals surface area (Å²) in [6.07, 6.45) is 4.83. The zero-order valence-electron chi connectivity index (χ0n) is 8.16. The second-order valence-corrected chi connectivity index (χ2v) is 4.68. The molecule has 0 aromatic carbocycles. The Morgan fingerprint density at radius 3 is 2.50 bits per heavy atom. The van der Waals surface area contributed by atoms with E-state index < -0.39 is 0 Å². The van der Waals surface area contributed by atoms with Crippen molar-refractivity contribution in [2.45, 2.75) is 26.7 Å². The van der Waals surface area contributed by atoms with Gasteiger partial charge in [0.2, 0.25) is 0 Å². The predicted octanol–water partition coefficient (Wildman–Crippen LogP) is 3.40. The number of hydrogen-bond donors (Lipinski definition) is 1. The Balaban J connectivity index is 2.52. The van der Waals surface area contributed by atoms with E-state index in [0.29, 0.717) is 0 Å². The van der Waals surface area contributed by atoms with Crippen molar-refractivity contribution in [3.05, 3.63) is 12.7 Å². The van der Waals surface area contributed by atoms with E-state index in [1.54, 1.807) is 0 Å². The largest absolute Gasteiger partial charge is 0.179 e. The summed E-state index contributed by atoms with van der Waals surface area (Å²) in [5.41, 5.74) is 0. The first-order chi connectivity index (χ1) is 5.69. The highest BCUT2D eigenvalue weighted by Gasteiger charge is 2.32. The van der Waals surface area contributed by atoms with E-state index in [1.807, 2.05) is 0 Å². The molecular weight excluding hydrogens is 164 g/mol. The van der Waals surface area contributed by atoms with Crippen LogP contribution in [0.3, 0.4) is 0 Å². The first kappa shape index (κ1) is 10.2. The van der Waals surface area contributed by atoms with Gasteiger partial charge in [0.15, 0.2) is 0 Å². The maximum absolute atomic E-state index is 4.39. The molecule has 0 radical (unpaired) electrons. The van der Waals surface area contributed by atoms with E-state index in [0.717, 1.165) is 29.4 Å². The Bertz CT molecular complexity index is 151. The molecule has 1 aliphatic rings. The second kappa shape index (κ2) is 4.36. The van der Waals surface area contributed by atoms with E-state index in [2.05, 4.69) is 39.1 Å². The lowest BCUT2D eigenvalue weighted by molar-refractivity contribution is 0.383. The van der Waals surface area contributed by atoms with E-state index in [9.17, 15) is 0 Å². The van der Waals surface area contributed by atoms with Gasteiger partial charge in [-0.1, -0.05) is 19.9 Å². The third kappa shape index (κ3) is 2.07. The van der Waals surface area contributed by atoms with Crippen LogP contribution in [-0.2, 0) is 0 Å². The Labute approximate surface area is 81.8 Å². The Kier molecular flexibility index (Phi) is 3.70. The molecule has 1 saturated carbocycles. The molecule has 0 N–H and O–H groups in total. The maximum atomic E-state index is 4.39. The highest BCUT2D eigenvalue weighted by Crippen LogP contribution is 2.41. The summed E-state index contributed by atoms with van der Waals surface area (Å²) in [6.45, 7) is 8.55. The first-order valence-corrected chi connectivity index (χ1v) is 5.55. The zero-order valence-corrected chi connectivity index (χ0v) is 9.06. The topological polar surface area (TPSA) is 0 Å². The van der Waals surface area contributed by atoms with Gasteiger partial charge in [0.05, 0.1) is 0 Å². The van der Waals surface area contributed by atoms with Crippen LogP contribution in [0.5, 0.6) is 0 Å². The summed E-state index contributed by atoms with van der Waals surface area (Å²) >= 11 is 4.39. The van der Waals surface area contributed by atoms with Crippen LogP contribution in [0.1, 0.15) is 26.7 Å². The van der Waals surface area contributed by atoms with Crippen LogP contribution in [0.15, 0.2) is 12.7 Å². The maximum Gasteiger partial charge on any atom is -0.00638 e. The number of allylic oxidation sites excluding steroid dienone is 1. The van der Waals surface area contributed by atoms with Gasteiger partial charge in [-0.3, -0.25) is 0 Å². The highest BCUT2D eigenvalue weighted by atomic mass is 32.1. The van der Waals surface area contributed by atoms with Gasteiger partial charge in [-0.25, -0.2) is 0 Å². The van der Waals surface area contributed by atoms with Gasteiger partial charge in [-0.2, -0.15) is 12.6 Å². The van der Waals surface area contributed by atoms with Crippen molar-refractivity contribution in [3.63, 3.8) is 0 Å². The fraction of sp³-hybridized carbons (Fsp3) is 0.818. The van der Waals surface area contributed by atoms with Crippen LogP contribution in [-0.4, -0.2) is 5.75 Å². The Hall–Kier alpha value is 0.0900. The molecule has 1 rings (SSSR count). The molecule has 3 unspecified atom stereocenters. The second-order valence-electron chi connectivity index (χ2n) is 4.32. The molecule has 0 aromatic heterocycles. The molecule has 0 bridgehead atoms.